The number of methoxy groups -OCH3 is 2. The number of amides is 1. The van der Waals surface area contributed by atoms with E-state index in [0.717, 1.165) is 24.5 Å². The van der Waals surface area contributed by atoms with Crippen molar-refractivity contribution in [2.75, 3.05) is 37.5 Å². The molecule has 1 aliphatic rings. The first kappa shape index (κ1) is 18.4. The van der Waals surface area contributed by atoms with Crippen LogP contribution in [0.4, 0.5) is 11.4 Å². The van der Waals surface area contributed by atoms with Crippen molar-refractivity contribution in [3.63, 3.8) is 0 Å². The molecule has 0 unspecified atom stereocenters. The lowest BCUT2D eigenvalue weighted by molar-refractivity contribution is 0.102. The molecule has 1 amide bonds. The van der Waals surface area contributed by atoms with E-state index in [2.05, 4.69) is 10.2 Å². The molecular formula is C20H23ClN2O3. The minimum absolute atomic E-state index is 0.239. The quantitative estimate of drug-likeness (QED) is 0.830. The number of halogens is 1. The van der Waals surface area contributed by atoms with E-state index >= 15 is 0 Å². The van der Waals surface area contributed by atoms with E-state index in [0.29, 0.717) is 22.1 Å². The van der Waals surface area contributed by atoms with Crippen LogP contribution in [0, 0.1) is 0 Å². The van der Waals surface area contributed by atoms with Crippen LogP contribution >= 0.6 is 11.6 Å². The Kier molecular flexibility index (Phi) is 5.89. The number of anilines is 2. The van der Waals surface area contributed by atoms with E-state index in [1.165, 1.54) is 33.5 Å². The summed E-state index contributed by atoms with van der Waals surface area (Å²) >= 11 is 6.22. The van der Waals surface area contributed by atoms with Gasteiger partial charge in [-0.25, -0.2) is 0 Å². The summed E-state index contributed by atoms with van der Waals surface area (Å²) in [5, 5.41) is 3.34. The normalized spacial score (nSPS) is 14.0. The van der Waals surface area contributed by atoms with E-state index in [1.807, 2.05) is 24.3 Å². The molecule has 0 radical (unpaired) electrons. The second kappa shape index (κ2) is 8.32. The minimum Gasteiger partial charge on any atom is -0.493 e. The molecule has 0 saturated carbocycles. The molecule has 0 spiro atoms. The van der Waals surface area contributed by atoms with Crippen molar-refractivity contribution in [1.29, 1.82) is 0 Å². The van der Waals surface area contributed by atoms with Gasteiger partial charge in [-0.3, -0.25) is 4.79 Å². The Bertz CT molecular complexity index is 789. The van der Waals surface area contributed by atoms with Crippen molar-refractivity contribution in [1.82, 2.24) is 0 Å². The summed E-state index contributed by atoms with van der Waals surface area (Å²) in [6.07, 6.45) is 3.61. The zero-order valence-corrected chi connectivity index (χ0v) is 15.8. The fraction of sp³-hybridized carbons (Fsp3) is 0.350. The molecule has 1 fully saturated rings. The number of benzene rings is 2. The van der Waals surface area contributed by atoms with Gasteiger partial charge in [0.2, 0.25) is 0 Å². The van der Waals surface area contributed by atoms with Crippen LogP contribution in [0.25, 0.3) is 0 Å². The molecule has 5 nitrogen and oxygen atoms in total. The number of piperidine rings is 1. The molecule has 138 valence electrons. The highest BCUT2D eigenvalue weighted by atomic mass is 35.5. The van der Waals surface area contributed by atoms with E-state index in [-0.39, 0.29) is 5.91 Å². The topological polar surface area (TPSA) is 50.8 Å². The van der Waals surface area contributed by atoms with Crippen LogP contribution in [0.5, 0.6) is 11.5 Å². The number of rotatable bonds is 5. The summed E-state index contributed by atoms with van der Waals surface area (Å²) in [5.41, 5.74) is 2.26. The molecule has 3 rings (SSSR count). The van der Waals surface area contributed by atoms with Gasteiger partial charge < -0.3 is 19.7 Å². The van der Waals surface area contributed by atoms with Crippen molar-refractivity contribution in [3.05, 3.63) is 47.0 Å². The van der Waals surface area contributed by atoms with Gasteiger partial charge in [0.15, 0.2) is 11.5 Å². The third-order valence-corrected chi connectivity index (χ3v) is 4.83. The fourth-order valence-electron chi connectivity index (χ4n) is 3.23. The first-order chi connectivity index (χ1) is 12.6. The summed E-state index contributed by atoms with van der Waals surface area (Å²) in [4.78, 5) is 15.1. The molecule has 1 N–H and O–H groups in total. The van der Waals surface area contributed by atoms with Gasteiger partial charge in [0.05, 0.1) is 30.6 Å². The predicted molar refractivity (Wildman–Crippen MR) is 105 cm³/mol. The van der Waals surface area contributed by atoms with Gasteiger partial charge >= 0.3 is 0 Å². The zero-order chi connectivity index (χ0) is 18.5. The van der Waals surface area contributed by atoms with E-state index in [9.17, 15) is 4.79 Å². The van der Waals surface area contributed by atoms with Crippen LogP contribution in [0.15, 0.2) is 36.4 Å². The maximum Gasteiger partial charge on any atom is 0.255 e. The average Bonchev–Trinajstić information content (AvgIpc) is 2.68. The van der Waals surface area contributed by atoms with Crippen LogP contribution in [0.1, 0.15) is 29.6 Å². The second-order valence-corrected chi connectivity index (χ2v) is 6.62. The Labute approximate surface area is 158 Å². The van der Waals surface area contributed by atoms with E-state index in [4.69, 9.17) is 21.1 Å². The number of carbonyl (C=O) groups is 1. The van der Waals surface area contributed by atoms with Crippen LogP contribution in [-0.4, -0.2) is 33.2 Å². The molecular weight excluding hydrogens is 352 g/mol. The second-order valence-electron chi connectivity index (χ2n) is 6.21. The Hall–Kier alpha value is -2.40. The highest BCUT2D eigenvalue weighted by molar-refractivity contribution is 6.32. The van der Waals surface area contributed by atoms with Crippen LogP contribution in [0.3, 0.4) is 0 Å². The van der Waals surface area contributed by atoms with E-state index in [1.54, 1.807) is 12.1 Å². The Balaban J connectivity index is 1.86. The predicted octanol–water partition coefficient (Wildman–Crippen LogP) is 4.60. The van der Waals surface area contributed by atoms with Crippen LogP contribution < -0.4 is 19.7 Å². The van der Waals surface area contributed by atoms with Gasteiger partial charge in [-0.2, -0.15) is 0 Å². The Morgan fingerprint density at radius 3 is 2.50 bits per heavy atom. The minimum atomic E-state index is -0.239. The molecule has 26 heavy (non-hydrogen) atoms. The van der Waals surface area contributed by atoms with Crippen molar-refractivity contribution in [2.24, 2.45) is 0 Å². The third-order valence-electron chi connectivity index (χ3n) is 4.54. The molecule has 2 aromatic carbocycles. The molecule has 2 aromatic rings. The molecule has 6 heteroatoms. The standard InChI is InChI=1S/C20H23ClN2O3/c1-25-18-13-14(12-15(21)19(18)26-2)20(24)22-16-8-4-5-9-17(16)23-10-6-3-7-11-23/h4-5,8-9,12-13H,3,6-7,10-11H2,1-2H3,(H,22,24). The Morgan fingerprint density at radius 2 is 1.81 bits per heavy atom. The smallest absolute Gasteiger partial charge is 0.255 e. The maximum absolute atomic E-state index is 12.8. The molecule has 1 heterocycles. The average molecular weight is 375 g/mol. The summed E-state index contributed by atoms with van der Waals surface area (Å²) in [7, 11) is 3.03. The van der Waals surface area contributed by atoms with Gasteiger partial charge in [0.25, 0.3) is 5.91 Å². The number of para-hydroxylation sites is 2. The number of nitrogens with zero attached hydrogens (tertiary/aromatic N) is 1. The highest BCUT2D eigenvalue weighted by Gasteiger charge is 2.18. The molecule has 0 atom stereocenters. The number of hydrogen-bond donors (Lipinski definition) is 1. The van der Waals surface area contributed by atoms with Crippen LogP contribution in [-0.2, 0) is 0 Å². The fourth-order valence-corrected chi connectivity index (χ4v) is 3.52. The number of nitrogens with one attached hydrogen (secondary N) is 1. The lowest BCUT2D eigenvalue weighted by atomic mass is 10.1. The number of carbonyl (C=O) groups excluding carboxylic acids is 1. The molecule has 0 aliphatic carbocycles. The lowest BCUT2D eigenvalue weighted by Gasteiger charge is -2.30. The first-order valence-electron chi connectivity index (χ1n) is 8.71. The first-order valence-corrected chi connectivity index (χ1v) is 9.08. The number of ether oxygens (including phenoxy) is 2. The monoisotopic (exact) mass is 374 g/mol. The van der Waals surface area contributed by atoms with E-state index < -0.39 is 0 Å². The van der Waals surface area contributed by atoms with Crippen molar-refractivity contribution >= 4 is 28.9 Å². The van der Waals surface area contributed by atoms with Crippen LogP contribution in [0.2, 0.25) is 5.02 Å². The summed E-state index contributed by atoms with van der Waals surface area (Å²) in [6.45, 7) is 2.02. The van der Waals surface area contributed by atoms with Gasteiger partial charge in [-0.15, -0.1) is 0 Å². The molecule has 1 saturated heterocycles. The maximum atomic E-state index is 12.8. The third kappa shape index (κ3) is 3.88. The lowest BCUT2D eigenvalue weighted by Crippen LogP contribution is -2.30. The summed E-state index contributed by atoms with van der Waals surface area (Å²) in [5.74, 6) is 0.603. The van der Waals surface area contributed by atoms with Crippen molar-refractivity contribution in [2.45, 2.75) is 19.3 Å². The Morgan fingerprint density at radius 1 is 1.08 bits per heavy atom. The van der Waals surface area contributed by atoms with Gasteiger partial charge in [0.1, 0.15) is 0 Å². The number of hydrogen-bond acceptors (Lipinski definition) is 4. The van der Waals surface area contributed by atoms with Gasteiger partial charge in [-0.05, 0) is 43.5 Å². The van der Waals surface area contributed by atoms with Gasteiger partial charge in [-0.1, -0.05) is 23.7 Å². The van der Waals surface area contributed by atoms with Crippen molar-refractivity contribution in [3.8, 4) is 11.5 Å². The molecule has 1 aliphatic heterocycles. The summed E-state index contributed by atoms with van der Waals surface area (Å²) < 4.78 is 10.5. The SMILES string of the molecule is COc1cc(C(=O)Nc2ccccc2N2CCCCC2)cc(Cl)c1OC. The largest absolute Gasteiger partial charge is 0.493 e. The van der Waals surface area contributed by atoms with Gasteiger partial charge in [0, 0.05) is 18.7 Å². The van der Waals surface area contributed by atoms with Crippen molar-refractivity contribution < 1.29 is 14.3 Å². The highest BCUT2D eigenvalue weighted by Crippen LogP contribution is 2.36. The molecule has 0 aromatic heterocycles. The molecule has 0 bridgehead atoms. The summed E-state index contributed by atoms with van der Waals surface area (Å²) in [6, 6.07) is 11.1. The zero-order valence-electron chi connectivity index (χ0n) is 15.0.